The summed E-state index contributed by atoms with van der Waals surface area (Å²) < 4.78 is 28.4. The van der Waals surface area contributed by atoms with Crippen LogP contribution in [0.5, 0.6) is 0 Å². The average molecular weight is 330 g/mol. The lowest BCUT2D eigenvalue weighted by Gasteiger charge is -2.11. The number of pyridine rings is 1. The van der Waals surface area contributed by atoms with Crippen LogP contribution >= 0.6 is 0 Å². The van der Waals surface area contributed by atoms with Crippen molar-refractivity contribution in [2.24, 2.45) is 0 Å². The van der Waals surface area contributed by atoms with Gasteiger partial charge in [0, 0.05) is 29.4 Å². The predicted molar refractivity (Wildman–Crippen MR) is 85.6 cm³/mol. The molecule has 0 aliphatic carbocycles. The minimum absolute atomic E-state index is 0.0671. The Hall–Kier alpha value is -2.83. The van der Waals surface area contributed by atoms with Crippen molar-refractivity contribution in [2.75, 3.05) is 0 Å². The summed E-state index contributed by atoms with van der Waals surface area (Å²) in [4.78, 5) is 12.2. The Bertz CT molecular complexity index is 886. The summed E-state index contributed by atoms with van der Waals surface area (Å²) in [5.41, 5.74) is 1.15. The molecule has 0 aliphatic rings. The summed E-state index contributed by atoms with van der Waals surface area (Å²) in [5.74, 6) is -1.27. The zero-order valence-corrected chi connectivity index (χ0v) is 13.3. The number of amides is 1. The molecule has 0 fully saturated rings. The monoisotopic (exact) mass is 330 g/mol. The summed E-state index contributed by atoms with van der Waals surface area (Å²) in [6.07, 6.45) is 2.44. The molecular weight excluding hydrogens is 314 g/mol. The van der Waals surface area contributed by atoms with E-state index in [1.54, 1.807) is 22.7 Å². The maximum atomic E-state index is 13.4. The molecule has 0 radical (unpaired) electrons. The van der Waals surface area contributed by atoms with Crippen molar-refractivity contribution in [3.63, 3.8) is 0 Å². The van der Waals surface area contributed by atoms with Crippen LogP contribution in [-0.2, 0) is 0 Å². The molecule has 124 valence electrons. The number of nitrogens with one attached hydrogen (secondary N) is 1. The summed E-state index contributed by atoms with van der Waals surface area (Å²) in [6, 6.07) is 6.44. The fourth-order valence-electron chi connectivity index (χ4n) is 2.32. The number of aromatic nitrogens is 3. The number of benzene rings is 1. The number of carbonyl (C=O) groups is 1. The SMILES string of the molecule is CCC(C)NC(=O)c1ccn2c(-c3cc(F)cc(F)c3)nnc2c1. The molecule has 1 aromatic carbocycles. The van der Waals surface area contributed by atoms with Crippen molar-refractivity contribution >= 4 is 11.6 Å². The highest BCUT2D eigenvalue weighted by Crippen LogP contribution is 2.21. The number of nitrogens with zero attached hydrogens (tertiary/aromatic N) is 3. The Morgan fingerprint density at radius 2 is 1.92 bits per heavy atom. The number of rotatable bonds is 4. The Morgan fingerprint density at radius 3 is 2.58 bits per heavy atom. The maximum Gasteiger partial charge on any atom is 0.251 e. The summed E-state index contributed by atoms with van der Waals surface area (Å²) in [7, 11) is 0. The molecule has 1 amide bonds. The van der Waals surface area contributed by atoms with Crippen molar-refractivity contribution in [3.05, 3.63) is 53.7 Å². The van der Waals surface area contributed by atoms with Crippen molar-refractivity contribution < 1.29 is 13.6 Å². The number of hydrogen-bond donors (Lipinski definition) is 1. The second-order valence-electron chi connectivity index (χ2n) is 5.61. The van der Waals surface area contributed by atoms with Crippen molar-refractivity contribution in [2.45, 2.75) is 26.3 Å². The Kier molecular flexibility index (Phi) is 4.24. The lowest BCUT2D eigenvalue weighted by atomic mass is 10.2. The molecule has 1 unspecified atom stereocenters. The molecule has 0 spiro atoms. The smallest absolute Gasteiger partial charge is 0.251 e. The van der Waals surface area contributed by atoms with Crippen LogP contribution in [-0.4, -0.2) is 26.5 Å². The summed E-state index contributed by atoms with van der Waals surface area (Å²) in [6.45, 7) is 3.90. The molecule has 1 N–H and O–H groups in total. The number of carbonyl (C=O) groups excluding carboxylic acids is 1. The van der Waals surface area contributed by atoms with E-state index in [0.29, 0.717) is 17.0 Å². The highest BCUT2D eigenvalue weighted by atomic mass is 19.1. The minimum atomic E-state index is -0.689. The molecule has 3 aromatic rings. The standard InChI is InChI=1S/C17H16F2N4O/c1-3-10(2)20-17(24)11-4-5-23-15(8-11)21-22-16(23)12-6-13(18)9-14(19)7-12/h4-10H,3H2,1-2H3,(H,20,24). The quantitative estimate of drug-likeness (QED) is 0.799. The first-order valence-corrected chi connectivity index (χ1v) is 7.60. The van der Waals surface area contributed by atoms with Gasteiger partial charge in [-0.25, -0.2) is 8.78 Å². The average Bonchev–Trinajstić information content (AvgIpc) is 2.96. The van der Waals surface area contributed by atoms with Gasteiger partial charge in [-0.05, 0) is 37.6 Å². The zero-order valence-electron chi connectivity index (χ0n) is 13.3. The van der Waals surface area contributed by atoms with Gasteiger partial charge in [0.1, 0.15) is 11.6 Å². The topological polar surface area (TPSA) is 59.3 Å². The molecule has 7 heteroatoms. The van der Waals surface area contributed by atoms with Crippen LogP contribution in [0, 0.1) is 11.6 Å². The molecule has 0 saturated carbocycles. The third-order valence-corrected chi connectivity index (χ3v) is 3.78. The fourth-order valence-corrected chi connectivity index (χ4v) is 2.32. The van der Waals surface area contributed by atoms with Crippen LogP contribution in [0.2, 0.25) is 0 Å². The van der Waals surface area contributed by atoms with Gasteiger partial charge >= 0.3 is 0 Å². The lowest BCUT2D eigenvalue weighted by Crippen LogP contribution is -2.31. The largest absolute Gasteiger partial charge is 0.350 e. The van der Waals surface area contributed by atoms with Gasteiger partial charge in [-0.2, -0.15) is 0 Å². The van der Waals surface area contributed by atoms with Gasteiger partial charge < -0.3 is 5.32 Å². The van der Waals surface area contributed by atoms with Gasteiger partial charge in [0.05, 0.1) is 0 Å². The Morgan fingerprint density at radius 1 is 1.21 bits per heavy atom. The molecule has 1 atom stereocenters. The predicted octanol–water partition coefficient (Wildman–Crippen LogP) is 3.20. The van der Waals surface area contributed by atoms with Crippen LogP contribution in [0.25, 0.3) is 17.0 Å². The fraction of sp³-hybridized carbons (Fsp3) is 0.235. The molecule has 0 saturated heterocycles. The second kappa shape index (κ2) is 6.35. The van der Waals surface area contributed by atoms with E-state index in [9.17, 15) is 13.6 Å². The van der Waals surface area contributed by atoms with Gasteiger partial charge in [-0.1, -0.05) is 6.92 Å². The number of halogens is 2. The van der Waals surface area contributed by atoms with Gasteiger partial charge in [0.15, 0.2) is 11.5 Å². The van der Waals surface area contributed by atoms with Crippen molar-refractivity contribution in [1.29, 1.82) is 0 Å². The van der Waals surface area contributed by atoms with E-state index in [2.05, 4.69) is 15.5 Å². The van der Waals surface area contributed by atoms with Crippen LogP contribution in [0.15, 0.2) is 36.5 Å². The van der Waals surface area contributed by atoms with E-state index in [4.69, 9.17) is 0 Å². The molecule has 0 bridgehead atoms. The van der Waals surface area contributed by atoms with E-state index in [-0.39, 0.29) is 17.5 Å². The van der Waals surface area contributed by atoms with E-state index in [0.717, 1.165) is 12.5 Å². The molecule has 2 aromatic heterocycles. The highest BCUT2D eigenvalue weighted by Gasteiger charge is 2.14. The first kappa shape index (κ1) is 16.0. The van der Waals surface area contributed by atoms with Gasteiger partial charge in [-0.15, -0.1) is 10.2 Å². The van der Waals surface area contributed by atoms with Crippen LogP contribution in [0.1, 0.15) is 30.6 Å². The minimum Gasteiger partial charge on any atom is -0.350 e. The molecule has 3 rings (SSSR count). The second-order valence-corrected chi connectivity index (χ2v) is 5.61. The molecule has 2 heterocycles. The van der Waals surface area contributed by atoms with Crippen molar-refractivity contribution in [1.82, 2.24) is 19.9 Å². The molecular formula is C17H16F2N4O. The van der Waals surface area contributed by atoms with Crippen molar-refractivity contribution in [3.8, 4) is 11.4 Å². The summed E-state index contributed by atoms with van der Waals surface area (Å²) >= 11 is 0. The normalized spacial score (nSPS) is 12.3. The number of fused-ring (bicyclic) bond motifs is 1. The zero-order chi connectivity index (χ0) is 17.3. The third kappa shape index (κ3) is 3.10. The molecule has 0 aliphatic heterocycles. The summed E-state index contributed by atoms with van der Waals surface area (Å²) in [5, 5.41) is 10.8. The highest BCUT2D eigenvalue weighted by molar-refractivity contribution is 5.95. The number of hydrogen-bond acceptors (Lipinski definition) is 3. The van der Waals surface area contributed by atoms with Gasteiger partial charge in [0.2, 0.25) is 0 Å². The molecule has 24 heavy (non-hydrogen) atoms. The van der Waals surface area contributed by atoms with Gasteiger partial charge in [0.25, 0.3) is 5.91 Å². The Balaban J connectivity index is 1.98. The van der Waals surface area contributed by atoms with Gasteiger partial charge in [-0.3, -0.25) is 9.20 Å². The van der Waals surface area contributed by atoms with Crippen LogP contribution in [0.4, 0.5) is 8.78 Å². The van der Waals surface area contributed by atoms with E-state index in [1.165, 1.54) is 12.1 Å². The van der Waals surface area contributed by atoms with Crippen LogP contribution < -0.4 is 5.32 Å². The third-order valence-electron chi connectivity index (χ3n) is 3.78. The van der Waals surface area contributed by atoms with E-state index < -0.39 is 11.6 Å². The molecule has 5 nitrogen and oxygen atoms in total. The lowest BCUT2D eigenvalue weighted by molar-refractivity contribution is 0.0939. The van der Waals surface area contributed by atoms with E-state index in [1.807, 2.05) is 13.8 Å². The van der Waals surface area contributed by atoms with E-state index >= 15 is 0 Å². The van der Waals surface area contributed by atoms with Crippen LogP contribution in [0.3, 0.4) is 0 Å². The Labute approximate surface area is 137 Å². The first-order chi connectivity index (χ1) is 11.5. The maximum absolute atomic E-state index is 13.4. The first-order valence-electron chi connectivity index (χ1n) is 7.60.